The van der Waals surface area contributed by atoms with Crippen LogP contribution in [-0.2, 0) is 0 Å². The summed E-state index contributed by atoms with van der Waals surface area (Å²) in [6.45, 7) is 0. The van der Waals surface area contributed by atoms with E-state index in [9.17, 15) is 4.39 Å². The van der Waals surface area contributed by atoms with E-state index in [0.29, 0.717) is 0 Å². The number of halogens is 1. The molecule has 2 aromatic heterocycles. The second-order valence-electron chi connectivity index (χ2n) is 4.91. The summed E-state index contributed by atoms with van der Waals surface area (Å²) in [7, 11) is 0. The number of nitrogens with zero attached hydrogens (tertiary/aromatic N) is 4. The normalized spacial score (nSPS) is 11.5. The molecule has 0 atom stereocenters. The minimum atomic E-state index is -0.242. The van der Waals surface area contributed by atoms with Crippen molar-refractivity contribution in [3.8, 4) is 11.4 Å². The van der Waals surface area contributed by atoms with E-state index in [-0.39, 0.29) is 5.82 Å². The number of hydrogen-bond acceptors (Lipinski definition) is 4. The molecule has 0 radical (unpaired) electrons. The highest BCUT2D eigenvalue weighted by Crippen LogP contribution is 2.22. The number of hydrogen-bond donors (Lipinski definition) is 0. The average Bonchev–Trinajstić information content (AvgIpc) is 3.15. The molecule has 2 aromatic carbocycles. The summed E-state index contributed by atoms with van der Waals surface area (Å²) >= 11 is 1.45. The Balaban J connectivity index is 1.67. The van der Waals surface area contributed by atoms with Gasteiger partial charge in [0.1, 0.15) is 10.8 Å². The van der Waals surface area contributed by atoms with Crippen LogP contribution in [0.4, 0.5) is 4.39 Å². The molecule has 23 heavy (non-hydrogen) atoms. The quantitative estimate of drug-likeness (QED) is 0.569. The first-order valence-electron chi connectivity index (χ1n) is 7.01. The van der Waals surface area contributed by atoms with Crippen LogP contribution >= 0.6 is 11.3 Å². The molecule has 0 fully saturated rings. The monoisotopic (exact) mass is 322 g/mol. The van der Waals surface area contributed by atoms with E-state index >= 15 is 0 Å². The van der Waals surface area contributed by atoms with Crippen LogP contribution in [0.2, 0.25) is 0 Å². The topological polar surface area (TPSA) is 43.1 Å². The largest absolute Gasteiger partial charge is 0.235 e. The van der Waals surface area contributed by atoms with Gasteiger partial charge in [-0.25, -0.2) is 4.39 Å². The minimum Gasteiger partial charge on any atom is -0.207 e. The molecule has 112 valence electrons. The van der Waals surface area contributed by atoms with Gasteiger partial charge in [-0.1, -0.05) is 59.9 Å². The van der Waals surface area contributed by atoms with Gasteiger partial charge in [0.05, 0.1) is 0 Å². The van der Waals surface area contributed by atoms with Gasteiger partial charge in [-0.05, 0) is 23.8 Å². The maximum absolute atomic E-state index is 12.9. The van der Waals surface area contributed by atoms with Gasteiger partial charge in [0.15, 0.2) is 5.82 Å². The number of benzene rings is 2. The summed E-state index contributed by atoms with van der Waals surface area (Å²) < 4.78 is 14.6. The molecule has 4 rings (SSSR count). The molecule has 0 saturated heterocycles. The van der Waals surface area contributed by atoms with Crippen LogP contribution in [-0.4, -0.2) is 19.8 Å². The summed E-state index contributed by atoms with van der Waals surface area (Å²) in [5, 5.41) is 13.7. The van der Waals surface area contributed by atoms with E-state index < -0.39 is 0 Å². The smallest absolute Gasteiger partial charge is 0.207 e. The maximum atomic E-state index is 12.9. The Labute approximate surface area is 135 Å². The van der Waals surface area contributed by atoms with Gasteiger partial charge in [-0.2, -0.15) is 9.61 Å². The molecule has 0 spiro atoms. The maximum Gasteiger partial charge on any atom is 0.235 e. The summed E-state index contributed by atoms with van der Waals surface area (Å²) in [4.78, 5) is 0.739. The Morgan fingerprint density at radius 1 is 0.913 bits per heavy atom. The zero-order valence-corrected chi connectivity index (χ0v) is 12.7. The van der Waals surface area contributed by atoms with Crippen LogP contribution in [0.1, 0.15) is 10.6 Å². The molecule has 6 heteroatoms. The second-order valence-corrected chi connectivity index (χ2v) is 5.90. The van der Waals surface area contributed by atoms with Crippen LogP contribution in [0.5, 0.6) is 0 Å². The van der Waals surface area contributed by atoms with Crippen LogP contribution in [0, 0.1) is 5.82 Å². The molecular weight excluding hydrogens is 311 g/mol. The molecule has 0 aliphatic heterocycles. The lowest BCUT2D eigenvalue weighted by Gasteiger charge is -1.94. The summed E-state index contributed by atoms with van der Waals surface area (Å²) in [6.07, 6.45) is 3.79. The lowest BCUT2D eigenvalue weighted by atomic mass is 10.2. The van der Waals surface area contributed by atoms with Crippen molar-refractivity contribution in [1.82, 2.24) is 19.8 Å². The average molecular weight is 322 g/mol. The van der Waals surface area contributed by atoms with Crippen molar-refractivity contribution in [2.75, 3.05) is 0 Å². The van der Waals surface area contributed by atoms with Crippen molar-refractivity contribution < 1.29 is 4.39 Å². The molecule has 4 aromatic rings. The van der Waals surface area contributed by atoms with Crippen molar-refractivity contribution in [3.05, 3.63) is 71.0 Å². The summed E-state index contributed by atoms with van der Waals surface area (Å²) in [5.74, 6) is 0.478. The highest BCUT2D eigenvalue weighted by atomic mass is 32.1. The van der Waals surface area contributed by atoms with E-state index in [4.69, 9.17) is 0 Å². The SMILES string of the molecule is Fc1ccc(/C=C/c2nn3c(-c4ccccc4)nnc3s2)cc1. The fraction of sp³-hybridized carbons (Fsp3) is 0. The molecule has 0 aliphatic carbocycles. The third-order valence-electron chi connectivity index (χ3n) is 3.33. The van der Waals surface area contributed by atoms with E-state index in [1.807, 2.05) is 42.5 Å². The predicted molar refractivity (Wildman–Crippen MR) is 89.4 cm³/mol. The van der Waals surface area contributed by atoms with Gasteiger partial charge in [0.2, 0.25) is 4.96 Å². The van der Waals surface area contributed by atoms with Gasteiger partial charge in [-0.3, -0.25) is 0 Å². The van der Waals surface area contributed by atoms with E-state index in [1.165, 1.54) is 23.5 Å². The van der Waals surface area contributed by atoms with Crippen molar-refractivity contribution >= 4 is 28.4 Å². The Kier molecular flexibility index (Phi) is 3.44. The molecular formula is C17H11FN4S. The number of aromatic nitrogens is 4. The fourth-order valence-corrected chi connectivity index (χ4v) is 2.95. The van der Waals surface area contributed by atoms with Crippen LogP contribution < -0.4 is 0 Å². The Morgan fingerprint density at radius 2 is 1.70 bits per heavy atom. The van der Waals surface area contributed by atoms with E-state index in [2.05, 4.69) is 15.3 Å². The molecule has 0 amide bonds. The molecule has 0 aliphatic rings. The van der Waals surface area contributed by atoms with Gasteiger partial charge in [-0.15, -0.1) is 10.2 Å². The summed E-state index contributed by atoms with van der Waals surface area (Å²) in [6, 6.07) is 16.1. The van der Waals surface area contributed by atoms with Crippen LogP contribution in [0.15, 0.2) is 54.6 Å². The molecule has 4 nitrogen and oxygen atoms in total. The van der Waals surface area contributed by atoms with Gasteiger partial charge in [0, 0.05) is 5.56 Å². The molecule has 0 N–H and O–H groups in total. The Hall–Kier alpha value is -2.86. The van der Waals surface area contributed by atoms with Crippen LogP contribution in [0.3, 0.4) is 0 Å². The van der Waals surface area contributed by atoms with Crippen LogP contribution in [0.25, 0.3) is 28.5 Å². The van der Waals surface area contributed by atoms with Crippen molar-refractivity contribution in [2.24, 2.45) is 0 Å². The van der Waals surface area contributed by atoms with Gasteiger partial charge >= 0.3 is 0 Å². The predicted octanol–water partition coefficient (Wildman–Crippen LogP) is 4.16. The Morgan fingerprint density at radius 3 is 2.48 bits per heavy atom. The molecule has 0 saturated carbocycles. The fourth-order valence-electron chi connectivity index (χ4n) is 2.21. The Bertz CT molecular complexity index is 971. The third-order valence-corrected chi connectivity index (χ3v) is 4.19. The third kappa shape index (κ3) is 2.76. The summed E-state index contributed by atoms with van der Waals surface area (Å²) in [5.41, 5.74) is 1.89. The molecule has 0 unspecified atom stereocenters. The lowest BCUT2D eigenvalue weighted by molar-refractivity contribution is 0.628. The first-order valence-corrected chi connectivity index (χ1v) is 7.82. The number of fused-ring (bicyclic) bond motifs is 1. The van der Waals surface area contributed by atoms with Crippen molar-refractivity contribution in [1.29, 1.82) is 0 Å². The number of rotatable bonds is 3. The van der Waals surface area contributed by atoms with Gasteiger partial charge < -0.3 is 0 Å². The van der Waals surface area contributed by atoms with Crippen molar-refractivity contribution in [2.45, 2.75) is 0 Å². The van der Waals surface area contributed by atoms with E-state index in [1.54, 1.807) is 16.6 Å². The van der Waals surface area contributed by atoms with Gasteiger partial charge in [0.25, 0.3) is 0 Å². The second kappa shape index (κ2) is 5.73. The zero-order valence-electron chi connectivity index (χ0n) is 11.9. The standard InChI is InChI=1S/C17H11FN4S/c18-14-9-6-12(7-10-14)8-11-15-21-22-16(19-20-17(22)23-15)13-4-2-1-3-5-13/h1-11H/b11-8+. The van der Waals surface area contributed by atoms with E-state index in [0.717, 1.165) is 26.9 Å². The lowest BCUT2D eigenvalue weighted by Crippen LogP contribution is -1.90. The molecule has 2 heterocycles. The molecule has 0 bridgehead atoms. The highest BCUT2D eigenvalue weighted by molar-refractivity contribution is 7.17. The first-order chi connectivity index (χ1) is 11.3. The minimum absolute atomic E-state index is 0.242. The zero-order chi connectivity index (χ0) is 15.6. The first kappa shape index (κ1) is 13.8. The highest BCUT2D eigenvalue weighted by Gasteiger charge is 2.11. The van der Waals surface area contributed by atoms with Crippen molar-refractivity contribution in [3.63, 3.8) is 0 Å².